The maximum absolute atomic E-state index is 12.1. The Hall–Kier alpha value is -1.37. The smallest absolute Gasteiger partial charge is 0.236 e. The fourth-order valence-corrected chi connectivity index (χ4v) is 4.63. The lowest BCUT2D eigenvalue weighted by atomic mass is 9.97. The second-order valence-corrected chi connectivity index (χ2v) is 8.17. The first kappa shape index (κ1) is 17.5. The molecule has 0 saturated carbocycles. The highest BCUT2D eigenvalue weighted by molar-refractivity contribution is 7.99. The van der Waals surface area contributed by atoms with Crippen LogP contribution in [0, 0.1) is 6.92 Å². The minimum absolute atomic E-state index is 0.0267. The molecule has 1 aliphatic heterocycles. The van der Waals surface area contributed by atoms with Crippen LogP contribution >= 0.6 is 23.1 Å². The number of benzene rings is 1. The Morgan fingerprint density at radius 3 is 3.04 bits per heavy atom. The van der Waals surface area contributed by atoms with Crippen LogP contribution in [0.15, 0.2) is 30.5 Å². The van der Waals surface area contributed by atoms with Crippen molar-refractivity contribution in [3.8, 4) is 0 Å². The van der Waals surface area contributed by atoms with Gasteiger partial charge in [-0.1, -0.05) is 29.8 Å². The van der Waals surface area contributed by atoms with Crippen molar-refractivity contribution in [2.24, 2.45) is 0 Å². The van der Waals surface area contributed by atoms with E-state index >= 15 is 0 Å². The zero-order valence-electron chi connectivity index (χ0n) is 13.9. The first-order chi connectivity index (χ1) is 11.7. The van der Waals surface area contributed by atoms with E-state index in [9.17, 15) is 4.79 Å². The summed E-state index contributed by atoms with van der Waals surface area (Å²) in [6.45, 7) is 4.23. The quantitative estimate of drug-likeness (QED) is 0.822. The summed E-state index contributed by atoms with van der Waals surface area (Å²) in [5, 5.41) is 7.03. The third-order valence-electron chi connectivity index (χ3n) is 4.10. The Morgan fingerprint density at radius 1 is 1.42 bits per heavy atom. The molecule has 3 rings (SSSR count). The molecule has 2 heterocycles. The zero-order valence-corrected chi connectivity index (χ0v) is 15.5. The van der Waals surface area contributed by atoms with Crippen molar-refractivity contribution < 1.29 is 4.79 Å². The van der Waals surface area contributed by atoms with Crippen molar-refractivity contribution in [1.29, 1.82) is 0 Å². The fraction of sp³-hybridized carbons (Fsp3) is 0.444. The molecule has 2 aromatic rings. The van der Waals surface area contributed by atoms with Crippen LogP contribution < -0.4 is 10.6 Å². The number of thioether (sulfide) groups is 1. The van der Waals surface area contributed by atoms with Gasteiger partial charge in [0.1, 0.15) is 0 Å². The van der Waals surface area contributed by atoms with Gasteiger partial charge in [-0.2, -0.15) is 0 Å². The zero-order chi connectivity index (χ0) is 16.8. The average Bonchev–Trinajstić information content (AvgIpc) is 3.04. The number of aromatic nitrogens is 1. The summed E-state index contributed by atoms with van der Waals surface area (Å²) in [6, 6.07) is 8.41. The number of anilines is 1. The highest BCUT2D eigenvalue weighted by atomic mass is 32.2. The average molecular weight is 362 g/mol. The van der Waals surface area contributed by atoms with Gasteiger partial charge in [-0.25, -0.2) is 4.98 Å². The fourth-order valence-electron chi connectivity index (χ4n) is 2.86. The monoisotopic (exact) mass is 361 g/mol. The van der Waals surface area contributed by atoms with Crippen LogP contribution in [0.5, 0.6) is 0 Å². The number of rotatable bonds is 6. The van der Waals surface area contributed by atoms with Crippen LogP contribution in [0.4, 0.5) is 5.13 Å². The first-order valence-electron chi connectivity index (χ1n) is 8.30. The lowest BCUT2D eigenvalue weighted by Crippen LogP contribution is -2.26. The van der Waals surface area contributed by atoms with Crippen molar-refractivity contribution in [2.75, 3.05) is 24.2 Å². The molecule has 0 unspecified atom stereocenters. The molecule has 1 aromatic carbocycles. The van der Waals surface area contributed by atoms with Crippen molar-refractivity contribution in [3.05, 3.63) is 46.5 Å². The molecular weight excluding hydrogens is 338 g/mol. The SMILES string of the molecule is Cc1cccc(CSCC(=O)Nc2ncc(C3CCNCC3)s2)c1. The Bertz CT molecular complexity index is 680. The minimum atomic E-state index is 0.0267. The second-order valence-electron chi connectivity index (χ2n) is 6.12. The maximum Gasteiger partial charge on any atom is 0.236 e. The van der Waals surface area contributed by atoms with Crippen molar-refractivity contribution >= 4 is 34.1 Å². The number of carbonyl (C=O) groups is 1. The molecule has 128 valence electrons. The number of carbonyl (C=O) groups excluding carboxylic acids is 1. The van der Waals surface area contributed by atoms with Crippen LogP contribution in [-0.4, -0.2) is 29.7 Å². The van der Waals surface area contributed by atoms with Gasteiger partial charge >= 0.3 is 0 Å². The number of nitrogens with one attached hydrogen (secondary N) is 2. The molecule has 0 bridgehead atoms. The number of aryl methyl sites for hydroxylation is 1. The largest absolute Gasteiger partial charge is 0.317 e. The maximum atomic E-state index is 12.1. The summed E-state index contributed by atoms with van der Waals surface area (Å²) in [7, 11) is 0. The summed E-state index contributed by atoms with van der Waals surface area (Å²) in [5.41, 5.74) is 2.51. The Labute approximate surface area is 151 Å². The lowest BCUT2D eigenvalue weighted by molar-refractivity contribution is -0.113. The third-order valence-corrected chi connectivity index (χ3v) is 6.17. The molecule has 0 atom stereocenters. The molecule has 0 spiro atoms. The molecule has 24 heavy (non-hydrogen) atoms. The number of amides is 1. The van der Waals surface area contributed by atoms with E-state index in [-0.39, 0.29) is 5.91 Å². The number of hydrogen-bond donors (Lipinski definition) is 2. The Kier molecular flexibility index (Phi) is 6.29. The number of piperidine rings is 1. The molecule has 1 aromatic heterocycles. The summed E-state index contributed by atoms with van der Waals surface area (Å²) >= 11 is 3.25. The van der Waals surface area contributed by atoms with Gasteiger partial charge in [-0.05, 0) is 44.3 Å². The van der Waals surface area contributed by atoms with E-state index in [4.69, 9.17) is 0 Å². The number of hydrogen-bond acceptors (Lipinski definition) is 5. The van der Waals surface area contributed by atoms with E-state index in [1.807, 2.05) is 6.20 Å². The summed E-state index contributed by atoms with van der Waals surface area (Å²) in [5.74, 6) is 1.92. The van der Waals surface area contributed by atoms with Crippen LogP contribution in [-0.2, 0) is 10.5 Å². The van der Waals surface area contributed by atoms with E-state index in [0.717, 1.165) is 36.8 Å². The molecule has 1 amide bonds. The van der Waals surface area contributed by atoms with Crippen LogP contribution in [0.25, 0.3) is 0 Å². The molecule has 1 fully saturated rings. The van der Waals surface area contributed by atoms with Gasteiger partial charge < -0.3 is 10.6 Å². The molecule has 0 aliphatic carbocycles. The standard InChI is InChI=1S/C18H23N3OS2/c1-13-3-2-4-14(9-13)11-23-12-17(22)21-18-20-10-16(24-18)15-5-7-19-8-6-15/h2-4,9-10,15,19H,5-8,11-12H2,1H3,(H,20,21,22). The van der Waals surface area contributed by atoms with Gasteiger partial charge in [0.05, 0.1) is 5.75 Å². The molecule has 1 saturated heterocycles. The molecule has 0 radical (unpaired) electrons. The van der Waals surface area contributed by atoms with Gasteiger partial charge in [0, 0.05) is 16.8 Å². The van der Waals surface area contributed by atoms with Gasteiger partial charge in [-0.15, -0.1) is 23.1 Å². The first-order valence-corrected chi connectivity index (χ1v) is 10.3. The molecular formula is C18H23N3OS2. The molecule has 1 aliphatic rings. The number of thiazole rings is 1. The highest BCUT2D eigenvalue weighted by Gasteiger charge is 2.18. The summed E-state index contributed by atoms with van der Waals surface area (Å²) in [6.07, 6.45) is 4.24. The predicted octanol–water partition coefficient (Wildman–Crippen LogP) is 3.79. The Balaban J connectivity index is 1.44. The van der Waals surface area contributed by atoms with E-state index in [0.29, 0.717) is 11.7 Å². The van der Waals surface area contributed by atoms with Crippen molar-refractivity contribution in [2.45, 2.75) is 31.4 Å². The second kappa shape index (κ2) is 8.65. The van der Waals surface area contributed by atoms with E-state index in [1.54, 1.807) is 23.1 Å². The normalized spacial score (nSPS) is 15.4. The summed E-state index contributed by atoms with van der Waals surface area (Å²) < 4.78 is 0. The minimum Gasteiger partial charge on any atom is -0.317 e. The summed E-state index contributed by atoms with van der Waals surface area (Å²) in [4.78, 5) is 17.7. The third kappa shape index (κ3) is 5.06. The van der Waals surface area contributed by atoms with E-state index in [2.05, 4.69) is 46.8 Å². The van der Waals surface area contributed by atoms with Gasteiger partial charge in [-0.3, -0.25) is 4.79 Å². The molecule has 6 heteroatoms. The van der Waals surface area contributed by atoms with Gasteiger partial charge in [0.25, 0.3) is 0 Å². The predicted molar refractivity (Wildman–Crippen MR) is 103 cm³/mol. The van der Waals surface area contributed by atoms with E-state index < -0.39 is 0 Å². The van der Waals surface area contributed by atoms with Crippen LogP contribution in [0.1, 0.15) is 34.8 Å². The number of nitrogens with zero attached hydrogens (tertiary/aromatic N) is 1. The van der Waals surface area contributed by atoms with E-state index in [1.165, 1.54) is 16.0 Å². The van der Waals surface area contributed by atoms with Crippen LogP contribution in [0.3, 0.4) is 0 Å². The molecule has 4 nitrogen and oxygen atoms in total. The van der Waals surface area contributed by atoms with Crippen molar-refractivity contribution in [1.82, 2.24) is 10.3 Å². The van der Waals surface area contributed by atoms with Gasteiger partial charge in [0.2, 0.25) is 5.91 Å². The van der Waals surface area contributed by atoms with Crippen LogP contribution in [0.2, 0.25) is 0 Å². The highest BCUT2D eigenvalue weighted by Crippen LogP contribution is 2.31. The van der Waals surface area contributed by atoms with Gasteiger partial charge in [0.15, 0.2) is 5.13 Å². The Morgan fingerprint density at radius 2 is 2.25 bits per heavy atom. The van der Waals surface area contributed by atoms with Crippen molar-refractivity contribution in [3.63, 3.8) is 0 Å². The molecule has 2 N–H and O–H groups in total. The lowest BCUT2D eigenvalue weighted by Gasteiger charge is -2.20. The topological polar surface area (TPSA) is 54.0 Å².